The van der Waals surface area contributed by atoms with Crippen LogP contribution in [0.3, 0.4) is 0 Å². The monoisotopic (exact) mass is 373 g/mol. The topological polar surface area (TPSA) is 46.2 Å². The molecule has 3 nitrogen and oxygen atoms in total. The Kier molecular flexibility index (Phi) is 4.73. The lowest BCUT2D eigenvalue weighted by atomic mass is 10.1. The second-order valence-corrected chi connectivity index (χ2v) is 7.40. The molecule has 0 fully saturated rings. The van der Waals surface area contributed by atoms with Crippen molar-refractivity contribution in [1.82, 2.24) is 0 Å². The lowest BCUT2D eigenvalue weighted by molar-refractivity contribution is 0.600. The minimum Gasteiger partial charge on any atom is -0.279 e. The molecule has 0 aliphatic heterocycles. The SMILES string of the molecule is CC(Cl)c1ccccc1NS(=O)(=O)c1ccccc1Br. The third-order valence-corrected chi connectivity index (χ3v) is 5.37. The van der Waals surface area contributed by atoms with Gasteiger partial charge in [-0.3, -0.25) is 4.72 Å². The maximum atomic E-state index is 12.4. The molecule has 0 heterocycles. The van der Waals surface area contributed by atoms with Crippen molar-refractivity contribution in [2.24, 2.45) is 0 Å². The first kappa shape index (κ1) is 15.4. The first-order chi connectivity index (χ1) is 9.42. The summed E-state index contributed by atoms with van der Waals surface area (Å²) < 4.78 is 27.9. The van der Waals surface area contributed by atoms with Gasteiger partial charge < -0.3 is 0 Å². The standard InChI is InChI=1S/C14H13BrClNO2S/c1-10(16)11-6-2-4-8-13(11)17-20(18,19)14-9-5-3-7-12(14)15/h2-10,17H,1H3. The molecule has 2 rings (SSSR count). The van der Waals surface area contributed by atoms with Gasteiger partial charge in [0.2, 0.25) is 0 Å². The summed E-state index contributed by atoms with van der Waals surface area (Å²) in [6.07, 6.45) is 0. The van der Waals surface area contributed by atoms with Crippen LogP contribution in [0, 0.1) is 0 Å². The number of halogens is 2. The largest absolute Gasteiger partial charge is 0.279 e. The molecule has 0 saturated carbocycles. The predicted octanol–water partition coefficient (Wildman–Crippen LogP) is 4.55. The van der Waals surface area contributed by atoms with Crippen LogP contribution in [0.1, 0.15) is 17.9 Å². The van der Waals surface area contributed by atoms with Crippen LogP contribution in [-0.4, -0.2) is 8.42 Å². The van der Waals surface area contributed by atoms with Gasteiger partial charge in [-0.2, -0.15) is 0 Å². The van der Waals surface area contributed by atoms with Crippen LogP contribution in [0.15, 0.2) is 57.9 Å². The quantitative estimate of drug-likeness (QED) is 0.798. The van der Waals surface area contributed by atoms with Crippen molar-refractivity contribution >= 4 is 43.2 Å². The maximum absolute atomic E-state index is 12.4. The molecule has 6 heteroatoms. The van der Waals surface area contributed by atoms with E-state index in [-0.39, 0.29) is 10.3 Å². The molecule has 1 atom stereocenters. The summed E-state index contributed by atoms with van der Waals surface area (Å²) in [5.41, 5.74) is 1.23. The number of hydrogen-bond acceptors (Lipinski definition) is 2. The van der Waals surface area contributed by atoms with E-state index in [0.29, 0.717) is 10.2 Å². The zero-order valence-electron chi connectivity index (χ0n) is 10.7. The molecule has 2 aromatic carbocycles. The van der Waals surface area contributed by atoms with E-state index in [1.54, 1.807) is 49.4 Å². The van der Waals surface area contributed by atoms with Crippen LogP contribution in [0.2, 0.25) is 0 Å². The van der Waals surface area contributed by atoms with Crippen molar-refractivity contribution in [3.8, 4) is 0 Å². The lowest BCUT2D eigenvalue weighted by Gasteiger charge is -2.14. The van der Waals surface area contributed by atoms with E-state index in [1.165, 1.54) is 0 Å². The first-order valence-corrected chi connectivity index (χ1v) is 8.63. The highest BCUT2D eigenvalue weighted by Crippen LogP contribution is 2.30. The molecule has 1 N–H and O–H groups in total. The third-order valence-electron chi connectivity index (χ3n) is 2.76. The zero-order chi connectivity index (χ0) is 14.8. The molecular formula is C14H13BrClNO2S. The number of rotatable bonds is 4. The van der Waals surface area contributed by atoms with Gasteiger partial charge in [0.1, 0.15) is 4.90 Å². The highest BCUT2D eigenvalue weighted by Gasteiger charge is 2.19. The van der Waals surface area contributed by atoms with E-state index in [0.717, 1.165) is 5.56 Å². The van der Waals surface area contributed by atoms with Gasteiger partial charge in [0.25, 0.3) is 10.0 Å². The Labute approximate surface area is 132 Å². The minimum atomic E-state index is -3.66. The van der Waals surface area contributed by atoms with Crippen molar-refractivity contribution in [3.63, 3.8) is 0 Å². The van der Waals surface area contributed by atoms with Gasteiger partial charge in [-0.05, 0) is 46.6 Å². The lowest BCUT2D eigenvalue weighted by Crippen LogP contribution is -2.14. The third kappa shape index (κ3) is 3.34. The smallest absolute Gasteiger partial charge is 0.263 e. The summed E-state index contributed by atoms with van der Waals surface area (Å²) in [5, 5.41) is -0.284. The van der Waals surface area contributed by atoms with E-state index < -0.39 is 10.0 Å². The van der Waals surface area contributed by atoms with Crippen LogP contribution in [-0.2, 0) is 10.0 Å². The molecule has 0 radical (unpaired) electrons. The van der Waals surface area contributed by atoms with E-state index in [2.05, 4.69) is 20.7 Å². The van der Waals surface area contributed by atoms with Gasteiger partial charge in [-0.1, -0.05) is 30.3 Å². The fourth-order valence-electron chi connectivity index (χ4n) is 1.80. The average molecular weight is 375 g/mol. The molecule has 0 saturated heterocycles. The molecule has 20 heavy (non-hydrogen) atoms. The second kappa shape index (κ2) is 6.16. The summed E-state index contributed by atoms with van der Waals surface area (Å²) in [6, 6.07) is 13.8. The van der Waals surface area contributed by atoms with Crippen LogP contribution in [0.5, 0.6) is 0 Å². The van der Waals surface area contributed by atoms with E-state index in [1.807, 2.05) is 6.07 Å². The number of hydrogen-bond donors (Lipinski definition) is 1. The normalized spacial score (nSPS) is 12.9. The van der Waals surface area contributed by atoms with Crippen LogP contribution >= 0.6 is 27.5 Å². The molecular weight excluding hydrogens is 362 g/mol. The van der Waals surface area contributed by atoms with E-state index in [9.17, 15) is 8.42 Å². The molecule has 0 aromatic heterocycles. The zero-order valence-corrected chi connectivity index (χ0v) is 13.8. The first-order valence-electron chi connectivity index (χ1n) is 5.92. The fraction of sp³-hybridized carbons (Fsp3) is 0.143. The molecule has 1 unspecified atom stereocenters. The molecule has 0 aliphatic carbocycles. The number of benzene rings is 2. The Morgan fingerprint density at radius 1 is 1.10 bits per heavy atom. The molecule has 0 bridgehead atoms. The van der Waals surface area contributed by atoms with Gasteiger partial charge in [-0.15, -0.1) is 11.6 Å². The minimum absolute atomic E-state index is 0.192. The molecule has 106 valence electrons. The molecule has 0 aliphatic rings. The predicted molar refractivity (Wildman–Crippen MR) is 85.7 cm³/mol. The van der Waals surface area contributed by atoms with Crippen LogP contribution < -0.4 is 4.72 Å². The second-order valence-electron chi connectivity index (χ2n) is 4.24. The summed E-state index contributed by atoms with van der Waals surface area (Å²) in [5.74, 6) is 0. The number of para-hydroxylation sites is 1. The van der Waals surface area contributed by atoms with Gasteiger partial charge >= 0.3 is 0 Å². The van der Waals surface area contributed by atoms with Crippen molar-refractivity contribution in [3.05, 3.63) is 58.6 Å². The fourth-order valence-corrected chi connectivity index (χ4v) is 4.08. The summed E-state index contributed by atoms with van der Waals surface area (Å²) in [4.78, 5) is 0.192. The van der Waals surface area contributed by atoms with Crippen molar-refractivity contribution in [1.29, 1.82) is 0 Å². The highest BCUT2D eigenvalue weighted by molar-refractivity contribution is 9.10. The number of sulfonamides is 1. The summed E-state index contributed by atoms with van der Waals surface area (Å²) in [6.45, 7) is 1.80. The number of anilines is 1. The molecule has 2 aromatic rings. The molecule has 0 amide bonds. The summed E-state index contributed by atoms with van der Waals surface area (Å²) in [7, 11) is -3.66. The average Bonchev–Trinajstić information content (AvgIpc) is 2.39. The van der Waals surface area contributed by atoms with Crippen LogP contribution in [0.25, 0.3) is 0 Å². The van der Waals surface area contributed by atoms with Gasteiger partial charge in [0.05, 0.1) is 11.1 Å². The maximum Gasteiger partial charge on any atom is 0.263 e. The Balaban J connectivity index is 2.42. The van der Waals surface area contributed by atoms with Crippen molar-refractivity contribution in [2.75, 3.05) is 4.72 Å². The van der Waals surface area contributed by atoms with Crippen LogP contribution in [0.4, 0.5) is 5.69 Å². The Bertz CT molecular complexity index is 717. The Morgan fingerprint density at radius 3 is 2.35 bits per heavy atom. The van der Waals surface area contributed by atoms with Crippen molar-refractivity contribution in [2.45, 2.75) is 17.2 Å². The molecule has 0 spiro atoms. The number of alkyl halides is 1. The summed E-state index contributed by atoms with van der Waals surface area (Å²) >= 11 is 9.32. The Hall–Kier alpha value is -1.04. The van der Waals surface area contributed by atoms with Gasteiger partial charge in [0, 0.05) is 4.47 Å². The number of nitrogens with one attached hydrogen (secondary N) is 1. The van der Waals surface area contributed by atoms with Crippen molar-refractivity contribution < 1.29 is 8.42 Å². The van der Waals surface area contributed by atoms with E-state index in [4.69, 9.17) is 11.6 Å². The van der Waals surface area contributed by atoms with Gasteiger partial charge in [0.15, 0.2) is 0 Å². The highest BCUT2D eigenvalue weighted by atomic mass is 79.9. The van der Waals surface area contributed by atoms with Gasteiger partial charge in [-0.25, -0.2) is 8.42 Å². The Morgan fingerprint density at radius 2 is 1.70 bits per heavy atom. The van der Waals surface area contributed by atoms with E-state index >= 15 is 0 Å².